The number of nitrogens with one attached hydrogen (secondary N) is 1. The highest BCUT2D eigenvalue weighted by molar-refractivity contribution is 6.33. The number of amides is 1. The second-order valence-electron chi connectivity index (χ2n) is 10.4. The molecule has 0 spiro atoms. The molecule has 13 heteroatoms. The molecule has 0 unspecified atom stereocenters. The van der Waals surface area contributed by atoms with Gasteiger partial charge in [-0.2, -0.15) is 18.4 Å². The van der Waals surface area contributed by atoms with Gasteiger partial charge >= 0.3 is 12.1 Å². The molecule has 244 valence electrons. The first-order valence-corrected chi connectivity index (χ1v) is 14.5. The first-order valence-electron chi connectivity index (χ1n) is 14.1. The summed E-state index contributed by atoms with van der Waals surface area (Å²) in [5, 5.41) is 12.3. The van der Waals surface area contributed by atoms with Crippen molar-refractivity contribution in [1.29, 1.82) is 5.26 Å². The fraction of sp³-hybridized carbons (Fsp3) is 0.143. The number of benzene rings is 4. The molecule has 1 aromatic heterocycles. The van der Waals surface area contributed by atoms with E-state index < -0.39 is 53.1 Å². The van der Waals surface area contributed by atoms with E-state index in [0.29, 0.717) is 50.3 Å². The summed E-state index contributed by atoms with van der Waals surface area (Å²) in [7, 11) is 1.06. The number of ether oxygens (including phenoxy) is 2. The Morgan fingerprint density at radius 2 is 1.65 bits per heavy atom. The van der Waals surface area contributed by atoms with E-state index in [-0.39, 0.29) is 12.0 Å². The standard InChI is InChI=1S/C35H23ClF5N3O4/c1-47-34(46)29(15-21-10-12-25(31-23(21)8-5-13-43-31)24-11-9-19(18-42)14-26(24)36)44-33(45)30-27(37)16-22(17-28(30)38)48-32(35(39,40)41)20-6-3-2-4-7-20/h2-14,16-17,29,32H,15H2,1H3,(H,44,45)/t29-,32+/m0/s1. The lowest BCUT2D eigenvalue weighted by Crippen LogP contribution is -2.43. The summed E-state index contributed by atoms with van der Waals surface area (Å²) >= 11 is 6.44. The van der Waals surface area contributed by atoms with Gasteiger partial charge in [-0.15, -0.1) is 0 Å². The number of pyridine rings is 1. The van der Waals surface area contributed by atoms with Crippen molar-refractivity contribution in [2.24, 2.45) is 0 Å². The first kappa shape index (κ1) is 33.8. The average molecular weight is 680 g/mol. The van der Waals surface area contributed by atoms with Crippen LogP contribution >= 0.6 is 11.6 Å². The zero-order chi connectivity index (χ0) is 34.6. The number of hydrogen-bond donors (Lipinski definition) is 1. The number of nitrogens with zero attached hydrogens (tertiary/aromatic N) is 2. The van der Waals surface area contributed by atoms with Gasteiger partial charge in [0.1, 0.15) is 29.0 Å². The number of fused-ring (bicyclic) bond motifs is 1. The van der Waals surface area contributed by atoms with Gasteiger partial charge in [0.15, 0.2) is 0 Å². The smallest absolute Gasteiger partial charge is 0.429 e. The largest absolute Gasteiger partial charge is 0.476 e. The Labute approximate surface area is 275 Å². The number of hydrogen-bond acceptors (Lipinski definition) is 6. The van der Waals surface area contributed by atoms with E-state index in [2.05, 4.69) is 10.3 Å². The molecular formula is C35H23ClF5N3O4. The van der Waals surface area contributed by atoms with Gasteiger partial charge in [-0.25, -0.2) is 13.6 Å². The number of carbonyl (C=O) groups excluding carboxylic acids is 2. The molecule has 0 aliphatic heterocycles. The quantitative estimate of drug-likeness (QED) is 0.126. The van der Waals surface area contributed by atoms with Crippen LogP contribution in [0.2, 0.25) is 5.02 Å². The van der Waals surface area contributed by atoms with Crippen LogP contribution in [0.5, 0.6) is 5.75 Å². The van der Waals surface area contributed by atoms with Gasteiger partial charge in [-0.1, -0.05) is 66.2 Å². The third kappa shape index (κ3) is 7.21. The van der Waals surface area contributed by atoms with Crippen molar-refractivity contribution in [3.63, 3.8) is 0 Å². The van der Waals surface area contributed by atoms with Gasteiger partial charge in [0, 0.05) is 51.8 Å². The zero-order valence-electron chi connectivity index (χ0n) is 24.8. The molecule has 0 fully saturated rings. The number of esters is 1. The minimum atomic E-state index is -4.93. The molecule has 0 bridgehead atoms. The molecule has 5 rings (SSSR count). The second-order valence-corrected chi connectivity index (χ2v) is 10.9. The van der Waals surface area contributed by atoms with Crippen molar-refractivity contribution in [3.05, 3.63) is 130 Å². The lowest BCUT2D eigenvalue weighted by molar-refractivity contribution is -0.198. The van der Waals surface area contributed by atoms with Crippen LogP contribution < -0.4 is 10.1 Å². The minimum absolute atomic E-state index is 0.198. The van der Waals surface area contributed by atoms with Crippen LogP contribution in [0.25, 0.3) is 22.0 Å². The van der Waals surface area contributed by atoms with Crippen molar-refractivity contribution >= 4 is 34.4 Å². The van der Waals surface area contributed by atoms with Crippen LogP contribution in [-0.4, -0.2) is 36.2 Å². The maximum atomic E-state index is 15.2. The van der Waals surface area contributed by atoms with E-state index in [0.717, 1.165) is 19.2 Å². The van der Waals surface area contributed by atoms with E-state index in [1.165, 1.54) is 24.3 Å². The number of methoxy groups -OCH3 is 1. The van der Waals surface area contributed by atoms with E-state index in [9.17, 15) is 28.0 Å². The molecule has 0 saturated carbocycles. The number of halogens is 6. The molecule has 48 heavy (non-hydrogen) atoms. The highest BCUT2D eigenvalue weighted by Crippen LogP contribution is 2.38. The molecule has 1 N–H and O–H groups in total. The van der Waals surface area contributed by atoms with E-state index >= 15 is 8.78 Å². The number of carbonyl (C=O) groups is 2. The Hall–Kier alpha value is -5.54. The predicted octanol–water partition coefficient (Wildman–Crippen LogP) is 7.90. The van der Waals surface area contributed by atoms with Crippen LogP contribution in [-0.2, 0) is 16.0 Å². The van der Waals surface area contributed by atoms with E-state index in [1.807, 2.05) is 6.07 Å². The van der Waals surface area contributed by atoms with E-state index in [4.69, 9.17) is 21.1 Å². The van der Waals surface area contributed by atoms with Gasteiger partial charge in [-0.3, -0.25) is 9.78 Å². The topological polar surface area (TPSA) is 101 Å². The maximum absolute atomic E-state index is 15.2. The molecule has 7 nitrogen and oxygen atoms in total. The normalized spacial score (nSPS) is 12.5. The fourth-order valence-corrected chi connectivity index (χ4v) is 5.42. The number of aromatic nitrogens is 1. The molecule has 2 atom stereocenters. The molecule has 1 amide bonds. The molecule has 4 aromatic carbocycles. The van der Waals surface area contributed by atoms with Gasteiger partial charge in [0.2, 0.25) is 6.10 Å². The maximum Gasteiger partial charge on any atom is 0.429 e. The molecule has 0 aliphatic carbocycles. The number of alkyl halides is 3. The van der Waals surface area contributed by atoms with Crippen LogP contribution in [0.1, 0.15) is 33.2 Å². The first-order chi connectivity index (χ1) is 22.9. The lowest BCUT2D eigenvalue weighted by Gasteiger charge is -2.23. The summed E-state index contributed by atoms with van der Waals surface area (Å²) in [5.41, 5.74) is 1.12. The lowest BCUT2D eigenvalue weighted by atomic mass is 9.94. The van der Waals surface area contributed by atoms with Crippen molar-refractivity contribution in [3.8, 4) is 22.9 Å². The molecule has 0 radical (unpaired) electrons. The zero-order valence-corrected chi connectivity index (χ0v) is 25.6. The third-order valence-corrected chi connectivity index (χ3v) is 7.67. The van der Waals surface area contributed by atoms with Gasteiger partial charge in [-0.05, 0) is 23.8 Å². The highest BCUT2D eigenvalue weighted by Gasteiger charge is 2.43. The van der Waals surface area contributed by atoms with Crippen molar-refractivity contribution < 1.29 is 41.0 Å². The Morgan fingerprint density at radius 1 is 0.958 bits per heavy atom. The van der Waals surface area contributed by atoms with Gasteiger partial charge < -0.3 is 14.8 Å². The average Bonchev–Trinajstić information content (AvgIpc) is 3.06. The Kier molecular flexibility index (Phi) is 9.91. The van der Waals surface area contributed by atoms with Gasteiger partial charge in [0.25, 0.3) is 5.91 Å². The van der Waals surface area contributed by atoms with Crippen LogP contribution in [0.4, 0.5) is 22.0 Å². The highest BCUT2D eigenvalue weighted by atomic mass is 35.5. The summed E-state index contributed by atoms with van der Waals surface area (Å²) in [6, 6.07) is 19.5. The summed E-state index contributed by atoms with van der Waals surface area (Å²) < 4.78 is 81.3. The summed E-state index contributed by atoms with van der Waals surface area (Å²) in [5.74, 6) is -6.13. The predicted molar refractivity (Wildman–Crippen MR) is 166 cm³/mol. The van der Waals surface area contributed by atoms with Gasteiger partial charge in [0.05, 0.1) is 24.3 Å². The molecule has 0 saturated heterocycles. The molecule has 1 heterocycles. The minimum Gasteiger partial charge on any atom is -0.476 e. The second kappa shape index (κ2) is 14.1. The number of rotatable bonds is 9. The molecule has 0 aliphatic rings. The van der Waals surface area contributed by atoms with Crippen LogP contribution in [0.3, 0.4) is 0 Å². The SMILES string of the molecule is COC(=O)[C@H](Cc1ccc(-c2ccc(C#N)cc2Cl)c2ncccc12)NC(=O)c1c(F)cc(O[C@H](c2ccccc2)C(F)(F)F)cc1F. The fourth-order valence-electron chi connectivity index (χ4n) is 5.14. The number of nitriles is 1. The van der Waals surface area contributed by atoms with Crippen molar-refractivity contribution in [2.75, 3.05) is 7.11 Å². The monoisotopic (exact) mass is 679 g/mol. The van der Waals surface area contributed by atoms with Crippen molar-refractivity contribution in [2.45, 2.75) is 24.7 Å². The van der Waals surface area contributed by atoms with E-state index in [1.54, 1.807) is 42.6 Å². The molecule has 5 aromatic rings. The van der Waals surface area contributed by atoms with Crippen molar-refractivity contribution in [1.82, 2.24) is 10.3 Å². The summed E-state index contributed by atoms with van der Waals surface area (Å²) in [6.07, 6.45) is -6.12. The Balaban J connectivity index is 1.43. The Bertz CT molecular complexity index is 2030. The summed E-state index contributed by atoms with van der Waals surface area (Å²) in [4.78, 5) is 30.4. The van der Waals surface area contributed by atoms with Crippen LogP contribution in [0.15, 0.2) is 91.1 Å². The summed E-state index contributed by atoms with van der Waals surface area (Å²) in [6.45, 7) is 0. The molecular weight excluding hydrogens is 657 g/mol. The van der Waals surface area contributed by atoms with Crippen LogP contribution in [0, 0.1) is 23.0 Å². The third-order valence-electron chi connectivity index (χ3n) is 7.36. The Morgan fingerprint density at radius 3 is 2.27 bits per heavy atom.